The molecule has 0 spiro atoms. The molecule has 0 unspecified atom stereocenters. The van der Waals surface area contributed by atoms with Gasteiger partial charge in [-0.1, -0.05) is 43.7 Å². The first-order valence-electron chi connectivity index (χ1n) is 5.20. The van der Waals surface area contributed by atoms with Gasteiger partial charge in [-0.05, 0) is 13.3 Å². The molecule has 1 N–H and O–H groups in total. The summed E-state index contributed by atoms with van der Waals surface area (Å²) in [6.07, 6.45) is 0.500. The first-order valence-corrected chi connectivity index (χ1v) is 5.20. The third-order valence-corrected chi connectivity index (χ3v) is 2.67. The first-order chi connectivity index (χ1) is 6.97. The number of aliphatic hydroxyl groups excluding tert-OH is 1. The molecule has 0 atom stereocenters. The summed E-state index contributed by atoms with van der Waals surface area (Å²) in [5.74, 6) is 0.0940. The van der Waals surface area contributed by atoms with Crippen LogP contribution in [0.3, 0.4) is 0 Å². The molecule has 0 aliphatic heterocycles. The van der Waals surface area contributed by atoms with E-state index in [-0.39, 0.29) is 12.4 Å². The van der Waals surface area contributed by atoms with Crippen LogP contribution >= 0.6 is 0 Å². The molecule has 82 valence electrons. The minimum absolute atomic E-state index is 0.0462. The molecule has 0 amide bonds. The molecule has 2 heteroatoms. The summed E-state index contributed by atoms with van der Waals surface area (Å²) < 4.78 is 0. The lowest BCUT2D eigenvalue weighted by atomic mass is 9.81. The summed E-state index contributed by atoms with van der Waals surface area (Å²) in [7, 11) is 0. The van der Waals surface area contributed by atoms with Crippen molar-refractivity contribution >= 4 is 5.78 Å². The van der Waals surface area contributed by atoms with Crippen molar-refractivity contribution in [3.8, 4) is 0 Å². The van der Waals surface area contributed by atoms with Gasteiger partial charge in [0.05, 0.1) is 0 Å². The highest BCUT2D eigenvalue weighted by atomic mass is 16.3. The van der Waals surface area contributed by atoms with Gasteiger partial charge in [0.2, 0.25) is 0 Å². The fourth-order valence-corrected chi connectivity index (χ4v) is 1.49. The molecule has 1 aromatic carbocycles. The van der Waals surface area contributed by atoms with E-state index in [1.165, 1.54) is 0 Å². The van der Waals surface area contributed by atoms with Crippen molar-refractivity contribution in [1.82, 2.24) is 0 Å². The molecule has 0 saturated heterocycles. The molecule has 0 aliphatic rings. The van der Waals surface area contributed by atoms with E-state index in [0.29, 0.717) is 6.42 Å². The zero-order valence-electron chi connectivity index (χ0n) is 9.58. The predicted octanol–water partition coefficient (Wildman–Crippen LogP) is 2.59. The van der Waals surface area contributed by atoms with E-state index in [1.54, 1.807) is 0 Å². The molecule has 0 aliphatic carbocycles. The van der Waals surface area contributed by atoms with Crippen molar-refractivity contribution in [2.45, 2.75) is 27.2 Å². The second-order valence-electron chi connectivity index (χ2n) is 4.55. The lowest BCUT2D eigenvalue weighted by Crippen LogP contribution is -2.25. The molecule has 15 heavy (non-hydrogen) atoms. The highest BCUT2D eigenvalue weighted by Crippen LogP contribution is 2.25. The highest BCUT2D eigenvalue weighted by Gasteiger charge is 2.27. The lowest BCUT2D eigenvalue weighted by molar-refractivity contribution is 0.0794. The van der Waals surface area contributed by atoms with Gasteiger partial charge in [0.1, 0.15) is 0 Å². The monoisotopic (exact) mass is 206 g/mol. The topological polar surface area (TPSA) is 37.3 Å². The van der Waals surface area contributed by atoms with Crippen LogP contribution in [0, 0.1) is 12.3 Å². The third kappa shape index (κ3) is 2.90. The Morgan fingerprint density at radius 1 is 1.27 bits per heavy atom. The van der Waals surface area contributed by atoms with Crippen LogP contribution in [-0.4, -0.2) is 17.5 Å². The Balaban J connectivity index is 2.89. The van der Waals surface area contributed by atoms with Gasteiger partial charge in [-0.25, -0.2) is 0 Å². The number of hydrogen-bond donors (Lipinski definition) is 1. The quantitative estimate of drug-likeness (QED) is 0.769. The van der Waals surface area contributed by atoms with Crippen molar-refractivity contribution in [1.29, 1.82) is 0 Å². The molecule has 0 fully saturated rings. The highest BCUT2D eigenvalue weighted by molar-refractivity contribution is 6.00. The smallest absolute Gasteiger partial charge is 0.168 e. The fraction of sp³-hybridized carbons (Fsp3) is 0.462. The number of aliphatic hydroxyl groups is 1. The maximum absolute atomic E-state index is 12.1. The van der Waals surface area contributed by atoms with Crippen molar-refractivity contribution in [3.05, 3.63) is 35.4 Å². The second-order valence-corrected chi connectivity index (χ2v) is 4.55. The van der Waals surface area contributed by atoms with E-state index < -0.39 is 5.41 Å². The first kappa shape index (κ1) is 11.9. The van der Waals surface area contributed by atoms with Crippen LogP contribution in [0.15, 0.2) is 24.3 Å². The van der Waals surface area contributed by atoms with Gasteiger partial charge < -0.3 is 5.11 Å². The number of hydrogen-bond acceptors (Lipinski definition) is 2. The van der Waals surface area contributed by atoms with Crippen LogP contribution in [0.1, 0.15) is 36.2 Å². The Morgan fingerprint density at radius 2 is 1.80 bits per heavy atom. The maximum Gasteiger partial charge on any atom is 0.168 e. The van der Waals surface area contributed by atoms with Crippen LogP contribution in [0.2, 0.25) is 0 Å². The average Bonchev–Trinajstić information content (AvgIpc) is 2.18. The molecule has 1 rings (SSSR count). The number of ketones is 1. The second kappa shape index (κ2) is 4.58. The van der Waals surface area contributed by atoms with Crippen LogP contribution in [-0.2, 0) is 0 Å². The zero-order valence-corrected chi connectivity index (χ0v) is 9.58. The Labute approximate surface area is 90.9 Å². The zero-order chi connectivity index (χ0) is 11.5. The summed E-state index contributed by atoms with van der Waals surface area (Å²) >= 11 is 0. The molecular formula is C13H18O2. The van der Waals surface area contributed by atoms with E-state index in [4.69, 9.17) is 5.11 Å². The number of carbonyl (C=O) groups excluding carboxylic acids is 1. The Bertz CT molecular complexity index is 336. The van der Waals surface area contributed by atoms with Gasteiger partial charge in [-0.15, -0.1) is 0 Å². The number of aryl methyl sites for hydroxylation is 1. The number of carbonyl (C=O) groups is 1. The maximum atomic E-state index is 12.1. The van der Waals surface area contributed by atoms with Crippen molar-refractivity contribution in [2.24, 2.45) is 5.41 Å². The van der Waals surface area contributed by atoms with E-state index >= 15 is 0 Å². The van der Waals surface area contributed by atoms with Gasteiger partial charge >= 0.3 is 0 Å². The van der Waals surface area contributed by atoms with Gasteiger partial charge in [0.15, 0.2) is 5.78 Å². The van der Waals surface area contributed by atoms with Gasteiger partial charge in [-0.2, -0.15) is 0 Å². The predicted molar refractivity (Wildman–Crippen MR) is 61.0 cm³/mol. The molecule has 0 saturated carbocycles. The number of rotatable bonds is 4. The normalized spacial score (nSPS) is 11.5. The fourth-order valence-electron chi connectivity index (χ4n) is 1.49. The van der Waals surface area contributed by atoms with Gasteiger partial charge in [0, 0.05) is 17.6 Å². The molecule has 0 aromatic heterocycles. The summed E-state index contributed by atoms with van der Waals surface area (Å²) in [4.78, 5) is 12.1. The Morgan fingerprint density at radius 3 is 2.27 bits per heavy atom. The van der Waals surface area contributed by atoms with Crippen LogP contribution in [0.4, 0.5) is 0 Å². The van der Waals surface area contributed by atoms with E-state index in [9.17, 15) is 4.79 Å². The summed E-state index contributed by atoms with van der Waals surface area (Å²) in [6.45, 7) is 5.77. The Hall–Kier alpha value is -1.15. The third-order valence-electron chi connectivity index (χ3n) is 2.67. The molecular weight excluding hydrogens is 188 g/mol. The molecule has 1 aromatic rings. The van der Waals surface area contributed by atoms with E-state index in [2.05, 4.69) is 0 Å². The number of Topliss-reactive ketones (excluding diaryl/α,β-unsaturated/α-hetero) is 1. The van der Waals surface area contributed by atoms with Crippen LogP contribution in [0.5, 0.6) is 0 Å². The molecule has 0 radical (unpaired) electrons. The molecule has 0 heterocycles. The minimum Gasteiger partial charge on any atom is -0.396 e. The summed E-state index contributed by atoms with van der Waals surface area (Å²) in [5.41, 5.74) is 1.38. The SMILES string of the molecule is Cc1ccc(C(=O)C(C)(C)CCO)cc1. The summed E-state index contributed by atoms with van der Waals surface area (Å²) in [5, 5.41) is 8.89. The standard InChI is InChI=1S/C13H18O2/c1-10-4-6-11(7-5-10)12(15)13(2,3)8-9-14/h4-7,14H,8-9H2,1-3H3. The van der Waals surface area contributed by atoms with Crippen molar-refractivity contribution in [3.63, 3.8) is 0 Å². The largest absolute Gasteiger partial charge is 0.396 e. The van der Waals surface area contributed by atoms with E-state index in [0.717, 1.165) is 11.1 Å². The summed E-state index contributed by atoms with van der Waals surface area (Å²) in [6, 6.07) is 7.55. The average molecular weight is 206 g/mol. The molecule has 0 bridgehead atoms. The van der Waals surface area contributed by atoms with E-state index in [1.807, 2.05) is 45.0 Å². The van der Waals surface area contributed by atoms with Gasteiger partial charge in [0.25, 0.3) is 0 Å². The van der Waals surface area contributed by atoms with Crippen molar-refractivity contribution in [2.75, 3.05) is 6.61 Å². The Kier molecular flexibility index (Phi) is 3.64. The van der Waals surface area contributed by atoms with Crippen molar-refractivity contribution < 1.29 is 9.90 Å². The minimum atomic E-state index is -0.482. The molecule has 2 nitrogen and oxygen atoms in total. The lowest BCUT2D eigenvalue weighted by Gasteiger charge is -2.21. The van der Waals surface area contributed by atoms with Gasteiger partial charge in [-0.3, -0.25) is 4.79 Å². The van der Waals surface area contributed by atoms with Crippen LogP contribution in [0.25, 0.3) is 0 Å². The van der Waals surface area contributed by atoms with Crippen LogP contribution < -0.4 is 0 Å². The number of benzene rings is 1.